The van der Waals surface area contributed by atoms with E-state index in [1.165, 1.54) is 0 Å². The monoisotopic (exact) mass is 267 g/mol. The molecule has 0 heterocycles. The number of carbonyl (C=O) groups excluding carboxylic acids is 2. The molecule has 0 radical (unpaired) electrons. The Morgan fingerprint density at radius 2 is 1.53 bits per heavy atom. The smallest absolute Gasteiger partial charge is 0.225 e. The minimum Gasteiger partial charge on any atom is -0.327 e. The van der Waals surface area contributed by atoms with Crippen molar-refractivity contribution in [2.75, 3.05) is 7.05 Å². The van der Waals surface area contributed by atoms with E-state index >= 15 is 0 Å². The van der Waals surface area contributed by atoms with Crippen LogP contribution in [0, 0.1) is 0 Å². The Balaban J connectivity index is 0. The van der Waals surface area contributed by atoms with E-state index in [1.807, 2.05) is 13.8 Å². The van der Waals surface area contributed by atoms with Crippen molar-refractivity contribution >= 4 is 17.6 Å². The van der Waals surface area contributed by atoms with Gasteiger partial charge in [0.1, 0.15) is 5.84 Å². The summed E-state index contributed by atoms with van der Waals surface area (Å²) in [5.74, 6) is 0.217. The molecule has 0 aliphatic heterocycles. The first-order chi connectivity index (χ1) is 9.03. The number of amidine groups is 1. The highest BCUT2D eigenvalue weighted by atomic mass is 16.2. The van der Waals surface area contributed by atoms with E-state index in [9.17, 15) is 9.59 Å². The van der Waals surface area contributed by atoms with Crippen molar-refractivity contribution < 1.29 is 9.59 Å². The van der Waals surface area contributed by atoms with E-state index in [4.69, 9.17) is 0 Å². The fraction of sp³-hybridized carbons (Fsp3) is 0.500. The fourth-order valence-electron chi connectivity index (χ4n) is 0.892. The third-order valence-electron chi connectivity index (χ3n) is 1.89. The van der Waals surface area contributed by atoms with Crippen molar-refractivity contribution in [2.24, 2.45) is 4.99 Å². The van der Waals surface area contributed by atoms with Crippen LogP contribution in [0.3, 0.4) is 0 Å². The molecule has 108 valence electrons. The Morgan fingerprint density at radius 1 is 1.05 bits per heavy atom. The third-order valence-corrected chi connectivity index (χ3v) is 1.89. The topological polar surface area (TPSA) is 70.6 Å². The molecule has 0 aliphatic carbocycles. The van der Waals surface area contributed by atoms with Gasteiger partial charge in [-0.05, 0) is 12.2 Å². The number of hydrogen-bond donors (Lipinski definition) is 2. The standard InChI is InChI=1S/C12H19N3O2.C2H6/c1-5-11(16)14-9(3)7-8-10(13-4)15-12(17)6-2;1-2/h7-8H,3,5-6H2,1-2,4H3,(H,14,16)(H,13,15,17);1-2H3/b8-7-;. The highest BCUT2D eigenvalue weighted by Crippen LogP contribution is 1.90. The molecule has 5 heteroatoms. The first-order valence-corrected chi connectivity index (χ1v) is 6.46. The molecule has 0 aromatic carbocycles. The van der Waals surface area contributed by atoms with Gasteiger partial charge in [-0.1, -0.05) is 34.3 Å². The maximum Gasteiger partial charge on any atom is 0.225 e. The SMILES string of the molecule is C=C(/C=C\C(=NC)NC(=O)CC)NC(=O)CC.CC. The van der Waals surface area contributed by atoms with Gasteiger partial charge >= 0.3 is 0 Å². The van der Waals surface area contributed by atoms with Gasteiger partial charge in [-0.25, -0.2) is 0 Å². The number of nitrogens with one attached hydrogen (secondary N) is 2. The first kappa shape index (κ1) is 19.4. The van der Waals surface area contributed by atoms with Crippen LogP contribution in [0.25, 0.3) is 0 Å². The van der Waals surface area contributed by atoms with Gasteiger partial charge in [0.05, 0.1) is 0 Å². The molecule has 2 N–H and O–H groups in total. The molecule has 0 saturated carbocycles. The van der Waals surface area contributed by atoms with Gasteiger partial charge < -0.3 is 10.6 Å². The van der Waals surface area contributed by atoms with Crippen molar-refractivity contribution in [3.63, 3.8) is 0 Å². The third kappa shape index (κ3) is 10.9. The number of aliphatic imine (C=N–C) groups is 1. The highest BCUT2D eigenvalue weighted by molar-refractivity contribution is 6.04. The summed E-state index contributed by atoms with van der Waals surface area (Å²) in [6.07, 6.45) is 3.96. The zero-order valence-electron chi connectivity index (χ0n) is 12.5. The lowest BCUT2D eigenvalue weighted by Gasteiger charge is -2.04. The predicted octanol–water partition coefficient (Wildman–Crippen LogP) is 2.16. The van der Waals surface area contributed by atoms with E-state index in [0.717, 1.165) is 0 Å². The molecule has 0 fully saturated rings. The van der Waals surface area contributed by atoms with E-state index < -0.39 is 0 Å². The second kappa shape index (κ2) is 12.5. The number of rotatable bonds is 5. The maximum absolute atomic E-state index is 11.1. The second-order valence-corrected chi connectivity index (χ2v) is 3.27. The van der Waals surface area contributed by atoms with E-state index in [1.54, 1.807) is 33.0 Å². The van der Waals surface area contributed by atoms with Gasteiger partial charge in [-0.2, -0.15) is 0 Å². The van der Waals surface area contributed by atoms with Crippen LogP contribution in [0.15, 0.2) is 29.4 Å². The zero-order chi connectivity index (χ0) is 15.3. The van der Waals surface area contributed by atoms with Crippen LogP contribution in [0.2, 0.25) is 0 Å². The van der Waals surface area contributed by atoms with Crippen molar-refractivity contribution in [3.05, 3.63) is 24.4 Å². The van der Waals surface area contributed by atoms with E-state index in [-0.39, 0.29) is 11.8 Å². The van der Waals surface area contributed by atoms with Crippen LogP contribution >= 0.6 is 0 Å². The summed E-state index contributed by atoms with van der Waals surface area (Å²) in [5.41, 5.74) is 0.462. The number of nitrogens with zero attached hydrogens (tertiary/aromatic N) is 1. The molecule has 0 saturated heterocycles. The van der Waals surface area contributed by atoms with Gasteiger partial charge in [-0.3, -0.25) is 14.6 Å². The number of amides is 2. The Morgan fingerprint density at radius 3 is 1.95 bits per heavy atom. The summed E-state index contributed by atoms with van der Waals surface area (Å²) in [5, 5.41) is 5.20. The quantitative estimate of drug-likeness (QED) is 0.455. The van der Waals surface area contributed by atoms with Crippen LogP contribution in [0.4, 0.5) is 0 Å². The fourth-order valence-corrected chi connectivity index (χ4v) is 0.892. The van der Waals surface area contributed by atoms with Crippen molar-refractivity contribution in [2.45, 2.75) is 40.5 Å². The van der Waals surface area contributed by atoms with Gasteiger partial charge in [0.15, 0.2) is 0 Å². The Bertz CT molecular complexity index is 358. The molecule has 0 aromatic heterocycles. The minimum atomic E-state index is -0.113. The predicted molar refractivity (Wildman–Crippen MR) is 79.9 cm³/mol. The first-order valence-electron chi connectivity index (χ1n) is 6.46. The highest BCUT2D eigenvalue weighted by Gasteiger charge is 2.00. The van der Waals surface area contributed by atoms with Gasteiger partial charge in [0.2, 0.25) is 11.8 Å². The van der Waals surface area contributed by atoms with Crippen LogP contribution in [0.1, 0.15) is 40.5 Å². The average Bonchev–Trinajstić information content (AvgIpc) is 2.44. The summed E-state index contributed by atoms with van der Waals surface area (Å²) >= 11 is 0. The lowest BCUT2D eigenvalue weighted by atomic mass is 10.3. The molecule has 2 amide bonds. The van der Waals surface area contributed by atoms with Crippen molar-refractivity contribution in [1.82, 2.24) is 10.6 Å². The summed E-state index contributed by atoms with van der Waals surface area (Å²) in [6, 6.07) is 0. The molecule has 0 bridgehead atoms. The summed E-state index contributed by atoms with van der Waals surface area (Å²) in [4.78, 5) is 26.1. The summed E-state index contributed by atoms with van der Waals surface area (Å²) in [6.45, 7) is 11.2. The molecule has 0 aliphatic rings. The molecule has 5 nitrogen and oxygen atoms in total. The molecular weight excluding hydrogens is 242 g/mol. The van der Waals surface area contributed by atoms with Crippen LogP contribution in [0.5, 0.6) is 0 Å². The largest absolute Gasteiger partial charge is 0.327 e. The van der Waals surface area contributed by atoms with E-state index in [0.29, 0.717) is 24.4 Å². The number of carbonyl (C=O) groups is 2. The minimum absolute atomic E-state index is 0.104. The van der Waals surface area contributed by atoms with Gasteiger partial charge in [0.25, 0.3) is 0 Å². The van der Waals surface area contributed by atoms with E-state index in [2.05, 4.69) is 22.2 Å². The summed E-state index contributed by atoms with van der Waals surface area (Å²) < 4.78 is 0. The zero-order valence-corrected chi connectivity index (χ0v) is 12.5. The van der Waals surface area contributed by atoms with Crippen molar-refractivity contribution in [1.29, 1.82) is 0 Å². The maximum atomic E-state index is 11.1. The summed E-state index contributed by atoms with van der Waals surface area (Å²) in [7, 11) is 1.57. The average molecular weight is 267 g/mol. The van der Waals surface area contributed by atoms with Crippen LogP contribution in [-0.2, 0) is 9.59 Å². The lowest BCUT2D eigenvalue weighted by molar-refractivity contribution is -0.120. The molecular formula is C14H25N3O2. The van der Waals surface area contributed by atoms with Crippen LogP contribution in [-0.4, -0.2) is 24.7 Å². The Hall–Kier alpha value is -1.91. The number of allylic oxidation sites excluding steroid dienone is 1. The van der Waals surface area contributed by atoms with Gasteiger partial charge in [-0.15, -0.1) is 0 Å². The Labute approximate surface area is 115 Å². The Kier molecular flexibility index (Phi) is 12.8. The normalized spacial score (nSPS) is 10.5. The molecule has 19 heavy (non-hydrogen) atoms. The van der Waals surface area contributed by atoms with Gasteiger partial charge in [0, 0.05) is 25.6 Å². The molecule has 0 aromatic rings. The van der Waals surface area contributed by atoms with Crippen LogP contribution < -0.4 is 10.6 Å². The molecule has 0 unspecified atom stereocenters. The molecule has 0 spiro atoms. The van der Waals surface area contributed by atoms with Crippen molar-refractivity contribution in [3.8, 4) is 0 Å². The lowest BCUT2D eigenvalue weighted by Crippen LogP contribution is -2.28. The second-order valence-electron chi connectivity index (χ2n) is 3.27. The molecule has 0 rings (SSSR count). The number of hydrogen-bond acceptors (Lipinski definition) is 3. The molecule has 0 atom stereocenters.